The van der Waals surface area contributed by atoms with E-state index in [1.807, 2.05) is 6.92 Å². The van der Waals surface area contributed by atoms with Crippen LogP contribution in [0.1, 0.15) is 19.8 Å². The predicted molar refractivity (Wildman–Crippen MR) is 45.1 cm³/mol. The Morgan fingerprint density at radius 1 is 1.55 bits per heavy atom. The van der Waals surface area contributed by atoms with Crippen LogP contribution in [-0.2, 0) is 4.79 Å². The number of hydrogen-bond acceptors (Lipinski definition) is 1. The van der Waals surface area contributed by atoms with Crippen LogP contribution >= 0.6 is 23.2 Å². The average Bonchev–Trinajstić information content (AvgIpc) is 2.27. The van der Waals surface area contributed by atoms with E-state index in [0.717, 1.165) is 6.42 Å². The van der Waals surface area contributed by atoms with Crippen molar-refractivity contribution in [3.63, 3.8) is 0 Å². The molecule has 2 fully saturated rings. The molecule has 0 aromatic carbocycles. The fourth-order valence-electron chi connectivity index (χ4n) is 2.33. The Balaban J connectivity index is 2.30. The molecule has 11 heavy (non-hydrogen) atoms. The van der Waals surface area contributed by atoms with Crippen molar-refractivity contribution in [1.29, 1.82) is 0 Å². The number of rotatable bonds is 0. The van der Waals surface area contributed by atoms with Gasteiger partial charge in [0.15, 0.2) is 0 Å². The Labute approximate surface area is 76.1 Å². The first-order valence-electron chi connectivity index (χ1n) is 3.90. The summed E-state index contributed by atoms with van der Waals surface area (Å²) in [4.78, 5) is 11.4. The predicted octanol–water partition coefficient (Wildman–Crippen LogP) is 2.20. The van der Waals surface area contributed by atoms with Crippen molar-refractivity contribution in [2.75, 3.05) is 0 Å². The molecule has 0 heterocycles. The van der Waals surface area contributed by atoms with Gasteiger partial charge in [0.05, 0.1) is 10.8 Å². The van der Waals surface area contributed by atoms with Gasteiger partial charge in [0.1, 0.15) is 5.78 Å². The average molecular weight is 193 g/mol. The molecule has 0 aliphatic heterocycles. The molecule has 0 N–H and O–H groups in total. The Bertz CT molecular complexity index is 216. The van der Waals surface area contributed by atoms with E-state index in [1.54, 1.807) is 0 Å². The summed E-state index contributed by atoms with van der Waals surface area (Å²) in [6.45, 7) is 1.95. The molecule has 2 saturated carbocycles. The lowest BCUT2D eigenvalue weighted by molar-refractivity contribution is -0.129. The molecule has 0 aromatic heterocycles. The van der Waals surface area contributed by atoms with Gasteiger partial charge in [0.25, 0.3) is 0 Å². The summed E-state index contributed by atoms with van der Waals surface area (Å²) in [6.07, 6.45) is 1.61. The molecule has 62 valence electrons. The maximum atomic E-state index is 11.4. The van der Waals surface area contributed by atoms with E-state index in [-0.39, 0.29) is 16.2 Å². The van der Waals surface area contributed by atoms with Crippen molar-refractivity contribution in [3.05, 3.63) is 0 Å². The molecule has 0 saturated heterocycles. The second kappa shape index (κ2) is 2.14. The van der Waals surface area contributed by atoms with Crippen LogP contribution < -0.4 is 0 Å². The summed E-state index contributed by atoms with van der Waals surface area (Å²) in [6, 6.07) is 0. The van der Waals surface area contributed by atoms with Crippen LogP contribution in [0.2, 0.25) is 0 Å². The topological polar surface area (TPSA) is 17.1 Å². The van der Waals surface area contributed by atoms with Gasteiger partial charge in [-0.1, -0.05) is 6.92 Å². The van der Waals surface area contributed by atoms with E-state index >= 15 is 0 Å². The number of hydrogen-bond donors (Lipinski definition) is 0. The lowest BCUT2D eigenvalue weighted by Gasteiger charge is -2.49. The molecule has 1 nitrogen and oxygen atoms in total. The molecular weight excluding hydrogens is 183 g/mol. The number of ketones is 1. The number of Topliss-reactive ketones (excluding diaryl/α,β-unsaturated/α-hetero) is 1. The van der Waals surface area contributed by atoms with Crippen molar-refractivity contribution in [2.45, 2.75) is 30.5 Å². The van der Waals surface area contributed by atoms with Crippen molar-refractivity contribution in [2.24, 2.45) is 11.3 Å². The summed E-state index contributed by atoms with van der Waals surface area (Å²) >= 11 is 12.0. The fourth-order valence-corrected chi connectivity index (χ4v) is 3.44. The number of alkyl halides is 2. The second-order valence-corrected chi connectivity index (χ2v) is 4.67. The van der Waals surface area contributed by atoms with E-state index in [1.165, 1.54) is 0 Å². The van der Waals surface area contributed by atoms with Crippen molar-refractivity contribution in [1.82, 2.24) is 0 Å². The molecule has 0 radical (unpaired) electrons. The van der Waals surface area contributed by atoms with E-state index in [2.05, 4.69) is 0 Å². The van der Waals surface area contributed by atoms with Crippen LogP contribution in [0, 0.1) is 11.3 Å². The molecule has 0 amide bonds. The number of carbonyl (C=O) groups is 1. The Kier molecular flexibility index (Phi) is 1.53. The minimum atomic E-state index is -0.284. The third-order valence-electron chi connectivity index (χ3n) is 3.29. The maximum absolute atomic E-state index is 11.4. The molecule has 2 aliphatic carbocycles. The minimum absolute atomic E-state index is 0.0214. The van der Waals surface area contributed by atoms with Crippen LogP contribution in [0.4, 0.5) is 0 Å². The van der Waals surface area contributed by atoms with Gasteiger partial charge in [-0.3, -0.25) is 4.79 Å². The van der Waals surface area contributed by atoms with Crippen molar-refractivity contribution < 1.29 is 4.79 Å². The van der Waals surface area contributed by atoms with E-state index < -0.39 is 0 Å². The molecular formula is C8H10Cl2O. The van der Waals surface area contributed by atoms with Crippen molar-refractivity contribution in [3.8, 4) is 0 Å². The normalized spacial score (nSPS) is 55.5. The van der Waals surface area contributed by atoms with Gasteiger partial charge in [0, 0.05) is 11.8 Å². The third kappa shape index (κ3) is 0.714. The largest absolute Gasteiger partial charge is 0.299 e. The molecule has 0 unspecified atom stereocenters. The second-order valence-electron chi connectivity index (χ2n) is 3.70. The lowest BCUT2D eigenvalue weighted by atomic mass is 9.62. The summed E-state index contributed by atoms with van der Waals surface area (Å²) in [5.74, 6) is 0.651. The lowest BCUT2D eigenvalue weighted by Crippen LogP contribution is -2.58. The highest BCUT2D eigenvalue weighted by Gasteiger charge is 2.64. The molecule has 4 atom stereocenters. The molecule has 3 heteroatoms. The van der Waals surface area contributed by atoms with Crippen LogP contribution in [0.3, 0.4) is 0 Å². The van der Waals surface area contributed by atoms with Gasteiger partial charge < -0.3 is 0 Å². The minimum Gasteiger partial charge on any atom is -0.299 e. The first-order chi connectivity index (χ1) is 5.08. The zero-order valence-electron chi connectivity index (χ0n) is 6.31. The van der Waals surface area contributed by atoms with Gasteiger partial charge in [-0.25, -0.2) is 0 Å². The SMILES string of the molecule is C[C@]12C(=O)CC[C@H]1[C@@H](Cl)[C@@H]2Cl. The Morgan fingerprint density at radius 2 is 2.18 bits per heavy atom. The highest BCUT2D eigenvalue weighted by atomic mass is 35.5. The Hall–Kier alpha value is 0.250. The van der Waals surface area contributed by atoms with Crippen LogP contribution in [0.5, 0.6) is 0 Å². The number of halogens is 2. The summed E-state index contributed by atoms with van der Waals surface area (Å²) < 4.78 is 0. The Morgan fingerprint density at radius 3 is 2.73 bits per heavy atom. The highest BCUT2D eigenvalue weighted by molar-refractivity contribution is 6.34. The number of fused-ring (bicyclic) bond motifs is 1. The molecule has 0 aromatic rings. The van der Waals surface area contributed by atoms with Crippen molar-refractivity contribution >= 4 is 29.0 Å². The summed E-state index contributed by atoms with van der Waals surface area (Å²) in [5.41, 5.74) is -0.284. The van der Waals surface area contributed by atoms with Gasteiger partial charge in [-0.15, -0.1) is 23.2 Å². The van der Waals surface area contributed by atoms with Gasteiger partial charge >= 0.3 is 0 Å². The first kappa shape index (κ1) is 7.88. The highest BCUT2D eigenvalue weighted by Crippen LogP contribution is 2.59. The zero-order valence-corrected chi connectivity index (χ0v) is 7.82. The fraction of sp³-hybridized carbons (Fsp3) is 0.875. The monoisotopic (exact) mass is 192 g/mol. The molecule has 2 aliphatic rings. The van der Waals surface area contributed by atoms with Crippen LogP contribution in [-0.4, -0.2) is 16.5 Å². The van der Waals surface area contributed by atoms with E-state index in [0.29, 0.717) is 18.1 Å². The first-order valence-corrected chi connectivity index (χ1v) is 4.77. The van der Waals surface area contributed by atoms with Gasteiger partial charge in [-0.2, -0.15) is 0 Å². The molecule has 0 bridgehead atoms. The molecule has 2 rings (SSSR count). The molecule has 0 spiro atoms. The maximum Gasteiger partial charge on any atom is 0.140 e. The summed E-state index contributed by atoms with van der Waals surface area (Å²) in [5, 5.41) is -0.114. The number of carbonyl (C=O) groups excluding carboxylic acids is 1. The van der Waals surface area contributed by atoms with Crippen LogP contribution in [0.25, 0.3) is 0 Å². The zero-order chi connectivity index (χ0) is 8.22. The van der Waals surface area contributed by atoms with Crippen LogP contribution in [0.15, 0.2) is 0 Å². The van der Waals surface area contributed by atoms with Gasteiger partial charge in [-0.05, 0) is 12.3 Å². The van der Waals surface area contributed by atoms with Gasteiger partial charge in [0.2, 0.25) is 0 Å². The third-order valence-corrected chi connectivity index (χ3v) is 4.70. The quantitative estimate of drug-likeness (QED) is 0.539. The smallest absolute Gasteiger partial charge is 0.140 e. The van der Waals surface area contributed by atoms with E-state index in [4.69, 9.17) is 23.2 Å². The standard InChI is InChI=1S/C8H10Cl2O/c1-8-4(2-3-5(8)11)6(9)7(8)10/h4,6-7H,2-3H2,1H3/t4-,6+,7-,8+/m0/s1. The van der Waals surface area contributed by atoms with E-state index in [9.17, 15) is 4.79 Å². The summed E-state index contributed by atoms with van der Waals surface area (Å²) in [7, 11) is 0.